The van der Waals surface area contributed by atoms with Gasteiger partial charge >= 0.3 is 11.7 Å². The number of aromatic nitrogens is 2. The lowest BCUT2D eigenvalue weighted by atomic mass is 10.1. The van der Waals surface area contributed by atoms with Crippen molar-refractivity contribution in [2.45, 2.75) is 6.54 Å². The maximum absolute atomic E-state index is 13.2. The molecule has 2 heterocycles. The average molecular weight is 662 g/mol. The van der Waals surface area contributed by atoms with Crippen molar-refractivity contribution in [3.05, 3.63) is 146 Å². The molecule has 0 fully saturated rings. The summed E-state index contributed by atoms with van der Waals surface area (Å²) in [7, 11) is 1.32. The highest BCUT2D eigenvalue weighted by molar-refractivity contribution is 5.89. The number of ether oxygens (including phenoxy) is 1. The second-order valence-electron chi connectivity index (χ2n) is 10.4. The Kier molecular flexibility index (Phi) is 9.01. The Morgan fingerprint density at radius 1 is 0.755 bits per heavy atom. The fourth-order valence-electron chi connectivity index (χ4n) is 4.82. The van der Waals surface area contributed by atoms with Crippen LogP contribution >= 0.6 is 0 Å². The van der Waals surface area contributed by atoms with Crippen molar-refractivity contribution >= 4 is 45.2 Å². The van der Waals surface area contributed by atoms with Crippen LogP contribution in [0.2, 0.25) is 0 Å². The van der Waals surface area contributed by atoms with Gasteiger partial charge in [-0.3, -0.25) is 20.2 Å². The number of carbonyl (C=O) groups is 1. The molecule has 7 aromatic rings. The van der Waals surface area contributed by atoms with Gasteiger partial charge < -0.3 is 18.9 Å². The molecule has 0 atom stereocenters. The van der Waals surface area contributed by atoms with Gasteiger partial charge in [0.25, 0.3) is 5.69 Å². The van der Waals surface area contributed by atoms with E-state index < -0.39 is 27.3 Å². The highest BCUT2D eigenvalue weighted by Gasteiger charge is 2.19. The first kappa shape index (κ1) is 32.0. The fourth-order valence-corrected chi connectivity index (χ4v) is 4.82. The Labute approximate surface area is 275 Å². The number of anilines is 1. The molecule has 5 aromatic carbocycles. The predicted octanol–water partition coefficient (Wildman–Crippen LogP) is 8.34. The van der Waals surface area contributed by atoms with Crippen molar-refractivity contribution in [3.63, 3.8) is 0 Å². The van der Waals surface area contributed by atoms with Crippen molar-refractivity contribution < 1.29 is 32.6 Å². The summed E-state index contributed by atoms with van der Waals surface area (Å²) in [6, 6.07) is 29.5. The highest BCUT2D eigenvalue weighted by atomic mass is 19.1. The quantitative estimate of drug-likeness (QED) is 0.0940. The standard InChI is InChI=1S/C22H17N3O5.C13H7FN2O3/c1-29-22(26)15-8-6-14(7-9-15)13-23-17-11-10-16(12-19(17)25(27)28)21-24-18-4-2-3-5-20(18)30-21;14-9-6-5-8(7-11(9)16(17)18)13-15-10-3-1-2-4-12(10)19-13/h2-12,23H,13H2,1H3;1-7H. The third-order valence-corrected chi connectivity index (χ3v) is 7.28. The van der Waals surface area contributed by atoms with Gasteiger partial charge in [0, 0.05) is 29.8 Å². The number of benzene rings is 5. The first-order valence-electron chi connectivity index (χ1n) is 14.6. The van der Waals surface area contributed by atoms with Crippen LogP contribution in [0, 0.1) is 26.0 Å². The number of fused-ring (bicyclic) bond motifs is 2. The lowest BCUT2D eigenvalue weighted by Gasteiger charge is -2.09. The summed E-state index contributed by atoms with van der Waals surface area (Å²) in [5.41, 5.74) is 4.40. The second-order valence-corrected chi connectivity index (χ2v) is 10.4. The van der Waals surface area contributed by atoms with Gasteiger partial charge in [-0.1, -0.05) is 36.4 Å². The van der Waals surface area contributed by atoms with Crippen molar-refractivity contribution in [2.75, 3.05) is 12.4 Å². The van der Waals surface area contributed by atoms with Gasteiger partial charge in [0.15, 0.2) is 11.2 Å². The maximum atomic E-state index is 13.2. The van der Waals surface area contributed by atoms with Gasteiger partial charge in [0.2, 0.25) is 17.6 Å². The van der Waals surface area contributed by atoms with E-state index in [2.05, 4.69) is 20.0 Å². The molecule has 0 aliphatic rings. The number of nitro benzene ring substituents is 2. The van der Waals surface area contributed by atoms with E-state index in [9.17, 15) is 29.4 Å². The van der Waals surface area contributed by atoms with Gasteiger partial charge in [-0.05, 0) is 66.2 Å². The summed E-state index contributed by atoms with van der Waals surface area (Å²) in [6.07, 6.45) is 0. The minimum Gasteiger partial charge on any atom is -0.465 e. The Morgan fingerprint density at radius 2 is 1.29 bits per heavy atom. The number of oxazole rings is 2. The summed E-state index contributed by atoms with van der Waals surface area (Å²) in [5, 5.41) is 25.4. The first-order chi connectivity index (χ1) is 23.7. The number of nitrogens with zero attached hydrogens (tertiary/aromatic N) is 4. The number of nitro groups is 2. The zero-order chi connectivity index (χ0) is 34.5. The SMILES string of the molecule is COC(=O)c1ccc(CNc2ccc(-c3nc4ccccc4o3)cc2[N+](=O)[O-])cc1.O=[N+]([O-])c1cc(-c2nc3ccccc3o2)ccc1F. The Bertz CT molecular complexity index is 2270. The normalized spacial score (nSPS) is 10.7. The van der Waals surface area contributed by atoms with Gasteiger partial charge in [0.05, 0.1) is 22.5 Å². The average Bonchev–Trinajstić information content (AvgIpc) is 3.76. The Morgan fingerprint density at radius 3 is 1.82 bits per heavy atom. The van der Waals surface area contributed by atoms with Crippen LogP contribution in [-0.4, -0.2) is 32.9 Å². The molecule has 0 saturated carbocycles. The molecule has 7 rings (SSSR count). The summed E-state index contributed by atoms with van der Waals surface area (Å²) in [6.45, 7) is 0.352. The van der Waals surface area contributed by atoms with Crippen molar-refractivity contribution in [3.8, 4) is 22.9 Å². The molecule has 13 nitrogen and oxygen atoms in total. The molecule has 0 bridgehead atoms. The van der Waals surface area contributed by atoms with Crippen LogP contribution < -0.4 is 5.32 Å². The van der Waals surface area contributed by atoms with Gasteiger partial charge in [-0.25, -0.2) is 14.8 Å². The number of para-hydroxylation sites is 4. The number of nitrogens with one attached hydrogen (secondary N) is 1. The van der Waals surface area contributed by atoms with Crippen molar-refractivity contribution in [1.82, 2.24) is 9.97 Å². The molecule has 0 amide bonds. The number of methoxy groups -OCH3 is 1. The number of rotatable bonds is 8. The lowest BCUT2D eigenvalue weighted by Crippen LogP contribution is -2.04. The molecule has 14 heteroatoms. The molecule has 244 valence electrons. The molecule has 0 radical (unpaired) electrons. The van der Waals surface area contributed by atoms with Crippen molar-refractivity contribution in [2.24, 2.45) is 0 Å². The minimum atomic E-state index is -0.884. The number of hydrogen-bond acceptors (Lipinski definition) is 11. The minimum absolute atomic E-state index is 0.0825. The third kappa shape index (κ3) is 7.07. The fraction of sp³-hybridized carbons (Fsp3) is 0.0571. The molecular weight excluding hydrogens is 637 g/mol. The highest BCUT2D eigenvalue weighted by Crippen LogP contribution is 2.32. The molecule has 0 saturated heterocycles. The van der Waals surface area contributed by atoms with E-state index >= 15 is 0 Å². The topological polar surface area (TPSA) is 177 Å². The zero-order valence-corrected chi connectivity index (χ0v) is 25.5. The van der Waals surface area contributed by atoms with Crippen LogP contribution in [0.4, 0.5) is 21.5 Å². The van der Waals surface area contributed by atoms with Crippen LogP contribution in [0.3, 0.4) is 0 Å². The Balaban J connectivity index is 0.000000188. The number of carbonyl (C=O) groups excluding carboxylic acids is 1. The summed E-state index contributed by atoms with van der Waals surface area (Å²) < 4.78 is 29.1. The second kappa shape index (κ2) is 13.8. The molecule has 1 N–H and O–H groups in total. The number of hydrogen-bond donors (Lipinski definition) is 1. The third-order valence-electron chi connectivity index (χ3n) is 7.28. The van der Waals surface area contributed by atoms with Gasteiger partial charge in [0.1, 0.15) is 16.7 Å². The number of esters is 1. The van der Waals surface area contributed by atoms with Crippen LogP contribution in [0.1, 0.15) is 15.9 Å². The van der Waals surface area contributed by atoms with E-state index in [1.54, 1.807) is 60.7 Å². The zero-order valence-electron chi connectivity index (χ0n) is 25.5. The predicted molar refractivity (Wildman–Crippen MR) is 177 cm³/mol. The van der Waals surface area contributed by atoms with E-state index in [0.29, 0.717) is 57.0 Å². The van der Waals surface area contributed by atoms with Crippen LogP contribution in [0.5, 0.6) is 0 Å². The molecule has 49 heavy (non-hydrogen) atoms. The molecule has 0 unspecified atom stereocenters. The molecule has 0 spiro atoms. The van der Waals surface area contributed by atoms with E-state index in [1.807, 2.05) is 24.3 Å². The van der Waals surface area contributed by atoms with Crippen LogP contribution in [0.25, 0.3) is 45.1 Å². The van der Waals surface area contributed by atoms with Crippen LogP contribution in [-0.2, 0) is 11.3 Å². The first-order valence-corrected chi connectivity index (χ1v) is 14.6. The van der Waals surface area contributed by atoms with E-state index in [0.717, 1.165) is 17.7 Å². The molecular formula is C35H24FN5O8. The van der Waals surface area contributed by atoms with Gasteiger partial charge in [-0.15, -0.1) is 0 Å². The Hall–Kier alpha value is -6.96. The van der Waals surface area contributed by atoms with E-state index in [4.69, 9.17) is 8.83 Å². The summed E-state index contributed by atoms with van der Waals surface area (Å²) >= 11 is 0. The summed E-state index contributed by atoms with van der Waals surface area (Å²) in [5.74, 6) is -0.752. The molecule has 0 aliphatic heterocycles. The van der Waals surface area contributed by atoms with E-state index in [1.165, 1.54) is 19.2 Å². The summed E-state index contributed by atoms with van der Waals surface area (Å²) in [4.78, 5) is 41.2. The monoisotopic (exact) mass is 661 g/mol. The smallest absolute Gasteiger partial charge is 0.337 e. The number of halogens is 1. The van der Waals surface area contributed by atoms with Crippen LogP contribution in [0.15, 0.2) is 118 Å². The largest absolute Gasteiger partial charge is 0.465 e. The van der Waals surface area contributed by atoms with Gasteiger partial charge in [-0.2, -0.15) is 4.39 Å². The lowest BCUT2D eigenvalue weighted by molar-refractivity contribution is -0.387. The van der Waals surface area contributed by atoms with Crippen molar-refractivity contribution in [1.29, 1.82) is 0 Å². The molecule has 0 aliphatic carbocycles. The molecule has 2 aromatic heterocycles. The maximum Gasteiger partial charge on any atom is 0.337 e. The van der Waals surface area contributed by atoms with E-state index in [-0.39, 0.29) is 11.6 Å².